The summed E-state index contributed by atoms with van der Waals surface area (Å²) < 4.78 is 2.05. The first-order valence-corrected chi connectivity index (χ1v) is 5.57. The summed E-state index contributed by atoms with van der Waals surface area (Å²) in [5.41, 5.74) is 0. The number of hydrogen-bond donors (Lipinski definition) is 0. The molecule has 0 aromatic carbocycles. The van der Waals surface area contributed by atoms with Gasteiger partial charge < -0.3 is 0 Å². The molecule has 0 atom stereocenters. The van der Waals surface area contributed by atoms with E-state index in [-0.39, 0.29) is 0 Å². The quantitative estimate of drug-likeness (QED) is 0.725. The number of aromatic nitrogens is 4. The van der Waals surface area contributed by atoms with E-state index in [9.17, 15) is 0 Å². The minimum absolute atomic E-state index is 0.423. The average Bonchev–Trinajstić information content (AvgIpc) is 2.67. The molecule has 0 aliphatic heterocycles. The second-order valence-corrected chi connectivity index (χ2v) is 4.43. The molecule has 0 bridgehead atoms. The zero-order valence-electron chi connectivity index (χ0n) is 8.98. The van der Waals surface area contributed by atoms with Gasteiger partial charge in [0.05, 0.1) is 6.04 Å². The minimum Gasteiger partial charge on any atom is -0.226 e. The normalized spacial score (nSPS) is 19.1. The fourth-order valence-electron chi connectivity index (χ4n) is 2.17. The van der Waals surface area contributed by atoms with E-state index in [4.69, 9.17) is 0 Å². The van der Waals surface area contributed by atoms with Gasteiger partial charge in [-0.25, -0.2) is 4.68 Å². The number of nitrogens with zero attached hydrogens (tertiary/aromatic N) is 4. The van der Waals surface area contributed by atoms with Crippen LogP contribution in [0.3, 0.4) is 0 Å². The van der Waals surface area contributed by atoms with Crippen LogP contribution in [0, 0.1) is 0 Å². The van der Waals surface area contributed by atoms with E-state index < -0.39 is 0 Å². The van der Waals surface area contributed by atoms with Crippen LogP contribution in [0.4, 0.5) is 0 Å². The molecule has 0 unspecified atom stereocenters. The second kappa shape index (κ2) is 4.07. The molecule has 1 aliphatic rings. The zero-order valence-corrected chi connectivity index (χ0v) is 8.98. The van der Waals surface area contributed by atoms with Gasteiger partial charge in [0.25, 0.3) is 0 Å². The highest BCUT2D eigenvalue weighted by molar-refractivity contribution is 4.91. The summed E-state index contributed by atoms with van der Waals surface area (Å²) in [5.74, 6) is 1.46. The molecule has 0 saturated heterocycles. The van der Waals surface area contributed by atoms with Crippen LogP contribution < -0.4 is 0 Å². The van der Waals surface area contributed by atoms with Gasteiger partial charge >= 0.3 is 0 Å². The molecule has 78 valence electrons. The Hall–Kier alpha value is -0.930. The van der Waals surface area contributed by atoms with E-state index in [1.54, 1.807) is 0 Å². The highest BCUT2D eigenvalue weighted by Crippen LogP contribution is 2.29. The van der Waals surface area contributed by atoms with Gasteiger partial charge in [0.2, 0.25) is 0 Å². The first kappa shape index (κ1) is 9.62. The molecule has 14 heavy (non-hydrogen) atoms. The molecule has 4 heteroatoms. The summed E-state index contributed by atoms with van der Waals surface area (Å²) in [6.45, 7) is 4.29. The fourth-order valence-corrected chi connectivity index (χ4v) is 2.17. The molecule has 1 heterocycles. The SMILES string of the molecule is CC(C)c1nnnn1C1CCCCC1. The molecule has 0 radical (unpaired) electrons. The van der Waals surface area contributed by atoms with Crippen molar-refractivity contribution in [3.8, 4) is 0 Å². The van der Waals surface area contributed by atoms with Crippen molar-refractivity contribution in [1.82, 2.24) is 20.2 Å². The van der Waals surface area contributed by atoms with Crippen molar-refractivity contribution in [1.29, 1.82) is 0 Å². The van der Waals surface area contributed by atoms with Gasteiger partial charge in [0, 0.05) is 5.92 Å². The zero-order chi connectivity index (χ0) is 9.97. The standard InChI is InChI=1S/C10H18N4/c1-8(2)10-11-12-13-14(10)9-6-4-3-5-7-9/h8-9H,3-7H2,1-2H3. The monoisotopic (exact) mass is 194 g/mol. The topological polar surface area (TPSA) is 43.6 Å². The van der Waals surface area contributed by atoms with Crippen molar-refractivity contribution < 1.29 is 0 Å². The maximum Gasteiger partial charge on any atom is 0.154 e. The molecule has 1 saturated carbocycles. The summed E-state index contributed by atoms with van der Waals surface area (Å²) in [4.78, 5) is 0. The molecule has 0 N–H and O–H groups in total. The highest BCUT2D eigenvalue weighted by Gasteiger charge is 2.20. The molecular formula is C10H18N4. The van der Waals surface area contributed by atoms with Crippen LogP contribution in [0.1, 0.15) is 63.7 Å². The molecule has 0 spiro atoms. The fraction of sp³-hybridized carbons (Fsp3) is 0.900. The molecule has 4 nitrogen and oxygen atoms in total. The minimum atomic E-state index is 0.423. The van der Waals surface area contributed by atoms with Gasteiger partial charge in [-0.2, -0.15) is 0 Å². The van der Waals surface area contributed by atoms with Crippen molar-refractivity contribution in [3.05, 3.63) is 5.82 Å². The van der Waals surface area contributed by atoms with E-state index in [0.717, 1.165) is 5.82 Å². The molecule has 1 aliphatic carbocycles. The van der Waals surface area contributed by atoms with Gasteiger partial charge in [-0.1, -0.05) is 33.1 Å². The van der Waals surface area contributed by atoms with Crippen molar-refractivity contribution >= 4 is 0 Å². The summed E-state index contributed by atoms with van der Waals surface area (Å²) in [7, 11) is 0. The van der Waals surface area contributed by atoms with Gasteiger partial charge in [-0.3, -0.25) is 0 Å². The lowest BCUT2D eigenvalue weighted by Crippen LogP contribution is -2.17. The Labute approximate surface area is 84.7 Å². The maximum absolute atomic E-state index is 4.12. The summed E-state index contributed by atoms with van der Waals surface area (Å²) in [5, 5.41) is 12.0. The van der Waals surface area contributed by atoms with Gasteiger partial charge in [-0.05, 0) is 23.3 Å². The van der Waals surface area contributed by atoms with Crippen LogP contribution in [0.15, 0.2) is 0 Å². The first-order valence-electron chi connectivity index (χ1n) is 5.57. The van der Waals surface area contributed by atoms with E-state index in [1.807, 2.05) is 4.68 Å². The first-order chi connectivity index (χ1) is 6.79. The summed E-state index contributed by atoms with van der Waals surface area (Å²) in [6, 6.07) is 0.552. The number of rotatable bonds is 2. The highest BCUT2D eigenvalue weighted by atomic mass is 15.5. The van der Waals surface area contributed by atoms with E-state index in [2.05, 4.69) is 29.4 Å². The molecule has 1 aromatic heterocycles. The second-order valence-electron chi connectivity index (χ2n) is 4.43. The van der Waals surface area contributed by atoms with Crippen LogP contribution in [-0.2, 0) is 0 Å². The van der Waals surface area contributed by atoms with Crippen LogP contribution in [0.5, 0.6) is 0 Å². The molecular weight excluding hydrogens is 176 g/mol. The predicted molar refractivity (Wildman–Crippen MR) is 54.0 cm³/mol. The summed E-state index contributed by atoms with van der Waals surface area (Å²) in [6.07, 6.45) is 6.50. The lowest BCUT2D eigenvalue weighted by atomic mass is 9.95. The number of hydrogen-bond acceptors (Lipinski definition) is 3. The van der Waals surface area contributed by atoms with E-state index in [1.165, 1.54) is 32.1 Å². The lowest BCUT2D eigenvalue weighted by Gasteiger charge is -2.22. The Morgan fingerprint density at radius 3 is 2.57 bits per heavy atom. The third-order valence-electron chi connectivity index (χ3n) is 2.96. The van der Waals surface area contributed by atoms with Gasteiger partial charge in [-0.15, -0.1) is 5.10 Å². The van der Waals surface area contributed by atoms with E-state index >= 15 is 0 Å². The molecule has 1 fully saturated rings. The van der Waals surface area contributed by atoms with Gasteiger partial charge in [0.1, 0.15) is 0 Å². The Balaban J connectivity index is 2.17. The maximum atomic E-state index is 4.12. The molecule has 2 rings (SSSR count). The van der Waals surface area contributed by atoms with Crippen molar-refractivity contribution in [2.75, 3.05) is 0 Å². The van der Waals surface area contributed by atoms with Crippen molar-refractivity contribution in [2.45, 2.75) is 57.9 Å². The lowest BCUT2D eigenvalue weighted by molar-refractivity contribution is 0.314. The van der Waals surface area contributed by atoms with Crippen LogP contribution in [-0.4, -0.2) is 20.2 Å². The Kier molecular flexibility index (Phi) is 2.79. The number of tetrazole rings is 1. The Bertz CT molecular complexity index is 286. The summed E-state index contributed by atoms with van der Waals surface area (Å²) >= 11 is 0. The van der Waals surface area contributed by atoms with Crippen LogP contribution >= 0.6 is 0 Å². The smallest absolute Gasteiger partial charge is 0.154 e. The average molecular weight is 194 g/mol. The van der Waals surface area contributed by atoms with Gasteiger partial charge in [0.15, 0.2) is 5.82 Å². The molecule has 0 amide bonds. The van der Waals surface area contributed by atoms with Crippen molar-refractivity contribution in [3.63, 3.8) is 0 Å². The third-order valence-corrected chi connectivity index (χ3v) is 2.96. The van der Waals surface area contributed by atoms with Crippen LogP contribution in [0.2, 0.25) is 0 Å². The van der Waals surface area contributed by atoms with E-state index in [0.29, 0.717) is 12.0 Å². The predicted octanol–water partition coefficient (Wildman–Crippen LogP) is 2.30. The Morgan fingerprint density at radius 2 is 1.93 bits per heavy atom. The third kappa shape index (κ3) is 1.79. The van der Waals surface area contributed by atoms with Crippen LogP contribution in [0.25, 0.3) is 0 Å². The largest absolute Gasteiger partial charge is 0.226 e. The Morgan fingerprint density at radius 1 is 1.21 bits per heavy atom. The molecule has 1 aromatic rings. The van der Waals surface area contributed by atoms with Crippen molar-refractivity contribution in [2.24, 2.45) is 0 Å².